The highest BCUT2D eigenvalue weighted by Crippen LogP contribution is 2.26. The van der Waals surface area contributed by atoms with Crippen molar-refractivity contribution in [2.45, 2.75) is 6.54 Å². The molecule has 0 aliphatic carbocycles. The lowest BCUT2D eigenvalue weighted by molar-refractivity contribution is -0.136. The van der Waals surface area contributed by atoms with Crippen molar-refractivity contribution in [3.8, 4) is 0 Å². The Morgan fingerprint density at radius 2 is 1.94 bits per heavy atom. The zero-order valence-corrected chi connectivity index (χ0v) is 10.9. The van der Waals surface area contributed by atoms with Crippen LogP contribution in [-0.4, -0.2) is 27.1 Å². The van der Waals surface area contributed by atoms with Gasteiger partial charge in [-0.15, -0.1) is 11.3 Å². The third kappa shape index (κ3) is 3.49. The number of rotatable bonds is 5. The van der Waals surface area contributed by atoms with Crippen molar-refractivity contribution in [1.29, 1.82) is 0 Å². The molecule has 1 aromatic rings. The van der Waals surface area contributed by atoms with Gasteiger partial charge in [0, 0.05) is 0 Å². The Labute approximate surface area is 115 Å². The van der Waals surface area contributed by atoms with Crippen molar-refractivity contribution in [1.82, 2.24) is 10.3 Å². The minimum Gasteiger partial charge on any atom is -0.477 e. The Balaban J connectivity index is 2.88. The molecule has 0 aromatic carbocycles. The summed E-state index contributed by atoms with van der Waals surface area (Å²) < 4.78 is 0.198. The van der Waals surface area contributed by atoms with E-state index in [4.69, 9.17) is 39.1 Å². The molecule has 98 valence electrons. The average molecular weight is 312 g/mol. The van der Waals surface area contributed by atoms with Gasteiger partial charge in [0.25, 0.3) is 0 Å². The molecule has 0 unspecified atom stereocenters. The molecule has 0 amide bonds. The van der Waals surface area contributed by atoms with E-state index in [1.807, 2.05) is 0 Å². The van der Waals surface area contributed by atoms with Crippen LogP contribution < -0.4 is 11.1 Å². The summed E-state index contributed by atoms with van der Waals surface area (Å²) in [5.41, 5.74) is 3.72. The van der Waals surface area contributed by atoms with Crippen LogP contribution in [0.3, 0.4) is 0 Å². The topological polar surface area (TPSA) is 126 Å². The standard InChI is InChI=1S/C8H7Cl2N3O4S/c9-5-2(18-8(10)13-5)1-12-4(7(16)17)3(11)6(14)15/h12H,1,11H2,(H,14,15)(H,16,17)/b4-3-. The van der Waals surface area contributed by atoms with Crippen molar-refractivity contribution in [3.05, 3.63) is 25.9 Å². The Hall–Kier alpha value is -1.51. The molecule has 18 heavy (non-hydrogen) atoms. The number of carboxylic acid groups (broad SMARTS) is 2. The summed E-state index contributed by atoms with van der Waals surface area (Å²) >= 11 is 12.4. The van der Waals surface area contributed by atoms with Gasteiger partial charge in [0.2, 0.25) is 0 Å². The van der Waals surface area contributed by atoms with E-state index in [9.17, 15) is 9.59 Å². The van der Waals surface area contributed by atoms with E-state index in [1.54, 1.807) is 0 Å². The highest BCUT2D eigenvalue weighted by Gasteiger charge is 2.18. The largest absolute Gasteiger partial charge is 0.477 e. The van der Waals surface area contributed by atoms with E-state index in [-0.39, 0.29) is 16.2 Å². The number of carboxylic acids is 2. The van der Waals surface area contributed by atoms with Gasteiger partial charge in [-0.05, 0) is 0 Å². The van der Waals surface area contributed by atoms with Crippen molar-refractivity contribution in [2.24, 2.45) is 5.73 Å². The number of hydrogen-bond acceptors (Lipinski definition) is 6. The summed E-state index contributed by atoms with van der Waals surface area (Å²) in [6.07, 6.45) is 0. The number of thiazole rings is 1. The molecule has 5 N–H and O–H groups in total. The molecule has 0 fully saturated rings. The van der Waals surface area contributed by atoms with Crippen molar-refractivity contribution < 1.29 is 19.8 Å². The first-order valence-electron chi connectivity index (χ1n) is 4.33. The van der Waals surface area contributed by atoms with Gasteiger partial charge >= 0.3 is 11.9 Å². The van der Waals surface area contributed by atoms with Gasteiger partial charge < -0.3 is 21.3 Å². The van der Waals surface area contributed by atoms with Gasteiger partial charge in [0.15, 0.2) is 10.2 Å². The fraction of sp³-hybridized carbons (Fsp3) is 0.125. The molecule has 0 aliphatic heterocycles. The third-order valence-electron chi connectivity index (χ3n) is 1.76. The molecule has 1 aromatic heterocycles. The van der Waals surface area contributed by atoms with Crippen molar-refractivity contribution in [2.75, 3.05) is 0 Å². The quantitative estimate of drug-likeness (QED) is 0.595. The van der Waals surface area contributed by atoms with Gasteiger partial charge in [-0.1, -0.05) is 23.2 Å². The number of halogens is 2. The Kier molecular flexibility index (Phi) is 4.76. The van der Waals surface area contributed by atoms with E-state index in [1.165, 1.54) is 0 Å². The number of nitrogens with one attached hydrogen (secondary N) is 1. The first kappa shape index (κ1) is 14.6. The summed E-state index contributed by atoms with van der Waals surface area (Å²) in [6.45, 7) is -0.0428. The van der Waals surface area contributed by atoms with Crippen LogP contribution >= 0.6 is 34.5 Å². The molecule has 1 rings (SSSR count). The predicted octanol–water partition coefficient (Wildman–Crippen LogP) is 0.879. The highest BCUT2D eigenvalue weighted by atomic mass is 35.5. The maximum atomic E-state index is 10.8. The zero-order chi connectivity index (χ0) is 13.9. The second kappa shape index (κ2) is 5.89. The summed E-state index contributed by atoms with van der Waals surface area (Å²) in [5, 5.41) is 19.9. The van der Waals surface area contributed by atoms with Crippen molar-refractivity contribution >= 4 is 46.5 Å². The van der Waals surface area contributed by atoms with Gasteiger partial charge in [-0.2, -0.15) is 0 Å². The Morgan fingerprint density at radius 3 is 2.33 bits per heavy atom. The van der Waals surface area contributed by atoms with Crippen LogP contribution in [-0.2, 0) is 16.1 Å². The van der Waals surface area contributed by atoms with Crippen LogP contribution in [0.4, 0.5) is 0 Å². The number of aromatic nitrogens is 1. The predicted molar refractivity (Wildman–Crippen MR) is 65.5 cm³/mol. The summed E-state index contributed by atoms with van der Waals surface area (Å²) in [6, 6.07) is 0. The van der Waals surface area contributed by atoms with Gasteiger partial charge in [0.05, 0.1) is 11.4 Å². The van der Waals surface area contributed by atoms with Gasteiger partial charge in [-0.3, -0.25) is 0 Å². The van der Waals surface area contributed by atoms with E-state index in [0.29, 0.717) is 4.88 Å². The number of hydrogen-bond donors (Lipinski definition) is 4. The lowest BCUT2D eigenvalue weighted by atomic mass is 10.3. The van der Waals surface area contributed by atoms with E-state index in [2.05, 4.69) is 10.3 Å². The number of aliphatic carboxylic acids is 2. The molecule has 0 aliphatic rings. The fourth-order valence-electron chi connectivity index (χ4n) is 0.977. The van der Waals surface area contributed by atoms with Crippen LogP contribution in [0.2, 0.25) is 9.62 Å². The lowest BCUT2D eigenvalue weighted by Crippen LogP contribution is -2.27. The molecule has 0 spiro atoms. The minimum absolute atomic E-state index is 0.0428. The smallest absolute Gasteiger partial charge is 0.354 e. The molecule has 0 radical (unpaired) electrons. The molecule has 7 nitrogen and oxygen atoms in total. The van der Waals surface area contributed by atoms with Crippen LogP contribution in [0, 0.1) is 0 Å². The summed E-state index contributed by atoms with van der Waals surface area (Å²) in [7, 11) is 0. The average Bonchev–Trinajstić information content (AvgIpc) is 2.56. The SMILES string of the molecule is N/C(C(=O)O)=C(\NCc1sc(Cl)nc1Cl)C(=O)O. The molecule has 0 bridgehead atoms. The summed E-state index contributed by atoms with van der Waals surface area (Å²) in [4.78, 5) is 25.6. The monoisotopic (exact) mass is 311 g/mol. The van der Waals surface area contributed by atoms with Gasteiger partial charge in [-0.25, -0.2) is 14.6 Å². The van der Waals surface area contributed by atoms with Gasteiger partial charge in [0.1, 0.15) is 10.9 Å². The lowest BCUT2D eigenvalue weighted by Gasteiger charge is -2.07. The summed E-state index contributed by atoms with van der Waals surface area (Å²) in [5.74, 6) is -3.02. The Morgan fingerprint density at radius 1 is 1.33 bits per heavy atom. The van der Waals surface area contributed by atoms with Crippen LogP contribution in [0.5, 0.6) is 0 Å². The first-order valence-corrected chi connectivity index (χ1v) is 5.91. The third-order valence-corrected chi connectivity index (χ3v) is 3.35. The molecule has 0 saturated heterocycles. The van der Waals surface area contributed by atoms with Crippen LogP contribution in [0.1, 0.15) is 4.88 Å². The second-order valence-electron chi connectivity index (χ2n) is 2.93. The first-order chi connectivity index (χ1) is 8.32. The van der Waals surface area contributed by atoms with E-state index < -0.39 is 23.3 Å². The maximum absolute atomic E-state index is 10.8. The normalized spacial score (nSPS) is 11.9. The molecular formula is C8H7Cl2N3O4S. The molecular weight excluding hydrogens is 305 g/mol. The number of nitrogens with two attached hydrogens (primary N) is 1. The van der Waals surface area contributed by atoms with Crippen LogP contribution in [0.25, 0.3) is 0 Å². The highest BCUT2D eigenvalue weighted by molar-refractivity contribution is 7.16. The second-order valence-corrected chi connectivity index (χ2v) is 4.96. The molecule has 0 saturated carbocycles. The van der Waals surface area contributed by atoms with E-state index >= 15 is 0 Å². The van der Waals surface area contributed by atoms with E-state index in [0.717, 1.165) is 11.3 Å². The molecule has 10 heteroatoms. The number of carbonyl (C=O) groups is 2. The van der Waals surface area contributed by atoms with Crippen LogP contribution in [0.15, 0.2) is 11.4 Å². The molecule has 0 atom stereocenters. The maximum Gasteiger partial charge on any atom is 0.354 e. The van der Waals surface area contributed by atoms with Crippen molar-refractivity contribution in [3.63, 3.8) is 0 Å². The Bertz CT molecular complexity index is 528. The zero-order valence-electron chi connectivity index (χ0n) is 8.61. The minimum atomic E-state index is -1.53. The number of nitrogens with zero attached hydrogens (tertiary/aromatic N) is 1. The fourth-order valence-corrected chi connectivity index (χ4v) is 2.32. The molecule has 1 heterocycles.